The number of aliphatic hydroxyl groups excluding tert-OH is 1. The Morgan fingerprint density at radius 2 is 2.21 bits per heavy atom. The molecule has 1 unspecified atom stereocenters. The summed E-state index contributed by atoms with van der Waals surface area (Å²) in [6, 6.07) is 1.75. The molecule has 0 saturated carbocycles. The molecule has 0 radical (unpaired) electrons. The lowest BCUT2D eigenvalue weighted by atomic mass is 10.2. The summed E-state index contributed by atoms with van der Waals surface area (Å²) in [5.41, 5.74) is 0.613. The third-order valence-electron chi connectivity index (χ3n) is 2.71. The van der Waals surface area contributed by atoms with E-state index in [2.05, 4.69) is 5.10 Å². The third kappa shape index (κ3) is 3.49. The van der Waals surface area contributed by atoms with Crippen LogP contribution in [0.5, 0.6) is 0 Å². The second-order valence-corrected chi connectivity index (χ2v) is 6.26. The second kappa shape index (κ2) is 6.24. The largest absolute Gasteiger partial charge is 0.381 e. The van der Waals surface area contributed by atoms with Gasteiger partial charge in [-0.15, -0.1) is 11.3 Å². The van der Waals surface area contributed by atoms with Crippen LogP contribution in [-0.2, 0) is 6.54 Å². The van der Waals surface area contributed by atoms with E-state index in [0.29, 0.717) is 22.3 Å². The standard InChI is InChI=1S/C12H15Cl2N3OS/c1-16(2)3-4-17-11(9(14)6-15-17)12(18)10-5-8(13)7-19-10/h5-7,12,18H,3-4H2,1-2H3. The van der Waals surface area contributed by atoms with Crippen molar-refractivity contribution in [2.75, 3.05) is 20.6 Å². The molecule has 0 spiro atoms. The maximum absolute atomic E-state index is 10.4. The van der Waals surface area contributed by atoms with E-state index in [1.807, 2.05) is 19.0 Å². The normalized spacial score (nSPS) is 13.2. The summed E-state index contributed by atoms with van der Waals surface area (Å²) >= 11 is 13.4. The van der Waals surface area contributed by atoms with Gasteiger partial charge in [-0.25, -0.2) is 0 Å². The molecule has 0 aliphatic carbocycles. The molecule has 1 N–H and O–H groups in total. The van der Waals surface area contributed by atoms with Gasteiger partial charge in [0.2, 0.25) is 0 Å². The molecule has 0 aromatic carbocycles. The molecule has 2 aromatic heterocycles. The van der Waals surface area contributed by atoms with E-state index in [1.165, 1.54) is 11.3 Å². The van der Waals surface area contributed by atoms with E-state index in [4.69, 9.17) is 23.2 Å². The molecule has 0 aliphatic rings. The van der Waals surface area contributed by atoms with Gasteiger partial charge in [0.15, 0.2) is 0 Å². The second-order valence-electron chi connectivity index (χ2n) is 4.47. The van der Waals surface area contributed by atoms with E-state index in [9.17, 15) is 5.11 Å². The van der Waals surface area contributed by atoms with Crippen LogP contribution >= 0.6 is 34.5 Å². The SMILES string of the molecule is CN(C)CCn1ncc(Cl)c1C(O)c1cc(Cl)cs1. The average molecular weight is 320 g/mol. The summed E-state index contributed by atoms with van der Waals surface area (Å²) in [5.74, 6) is 0. The molecular weight excluding hydrogens is 305 g/mol. The van der Waals surface area contributed by atoms with Gasteiger partial charge in [-0.1, -0.05) is 23.2 Å². The Kier molecular flexibility index (Phi) is 4.86. The van der Waals surface area contributed by atoms with Crippen molar-refractivity contribution in [2.45, 2.75) is 12.6 Å². The van der Waals surface area contributed by atoms with Crippen molar-refractivity contribution in [1.82, 2.24) is 14.7 Å². The molecule has 0 bridgehead atoms. The van der Waals surface area contributed by atoms with Crippen LogP contribution < -0.4 is 0 Å². The Morgan fingerprint density at radius 1 is 1.47 bits per heavy atom. The van der Waals surface area contributed by atoms with Gasteiger partial charge in [-0.3, -0.25) is 4.68 Å². The molecule has 2 rings (SSSR count). The van der Waals surface area contributed by atoms with E-state index < -0.39 is 6.10 Å². The van der Waals surface area contributed by atoms with Gasteiger partial charge in [0.05, 0.1) is 28.5 Å². The average Bonchev–Trinajstić information content (AvgIpc) is 2.92. The van der Waals surface area contributed by atoms with Crippen molar-refractivity contribution in [3.05, 3.63) is 38.3 Å². The molecule has 19 heavy (non-hydrogen) atoms. The summed E-state index contributed by atoms with van der Waals surface area (Å²) < 4.78 is 1.74. The van der Waals surface area contributed by atoms with Crippen molar-refractivity contribution < 1.29 is 5.11 Å². The highest BCUT2D eigenvalue weighted by Gasteiger charge is 2.21. The summed E-state index contributed by atoms with van der Waals surface area (Å²) in [6.07, 6.45) is 0.764. The summed E-state index contributed by atoms with van der Waals surface area (Å²) in [4.78, 5) is 2.81. The van der Waals surface area contributed by atoms with Crippen molar-refractivity contribution in [3.8, 4) is 0 Å². The van der Waals surface area contributed by atoms with Gasteiger partial charge in [-0.2, -0.15) is 5.10 Å². The van der Waals surface area contributed by atoms with Crippen LogP contribution in [0.25, 0.3) is 0 Å². The molecule has 0 aliphatic heterocycles. The maximum atomic E-state index is 10.4. The molecule has 0 saturated heterocycles. The number of thiophene rings is 1. The van der Waals surface area contributed by atoms with Crippen LogP contribution in [-0.4, -0.2) is 40.4 Å². The minimum Gasteiger partial charge on any atom is -0.381 e. The van der Waals surface area contributed by atoms with Crippen LogP contribution in [0.4, 0.5) is 0 Å². The van der Waals surface area contributed by atoms with E-state index >= 15 is 0 Å². The maximum Gasteiger partial charge on any atom is 0.131 e. The Morgan fingerprint density at radius 3 is 2.79 bits per heavy atom. The van der Waals surface area contributed by atoms with Crippen LogP contribution in [0.15, 0.2) is 17.6 Å². The summed E-state index contributed by atoms with van der Waals surface area (Å²) in [6.45, 7) is 1.49. The minimum absolute atomic E-state index is 0.468. The zero-order valence-corrected chi connectivity index (χ0v) is 13.0. The Bertz CT molecular complexity index is 553. The number of aliphatic hydroxyl groups is 1. The Balaban J connectivity index is 2.25. The zero-order valence-electron chi connectivity index (χ0n) is 10.7. The number of likely N-dealkylation sites (N-methyl/N-ethyl adjacent to an activating group) is 1. The summed E-state index contributed by atoms with van der Waals surface area (Å²) in [5, 5.41) is 17.5. The zero-order chi connectivity index (χ0) is 14.0. The first-order valence-corrected chi connectivity index (χ1v) is 7.40. The van der Waals surface area contributed by atoms with Gasteiger partial charge in [0.25, 0.3) is 0 Å². The molecule has 4 nitrogen and oxygen atoms in total. The lowest BCUT2D eigenvalue weighted by Crippen LogP contribution is -2.21. The lowest BCUT2D eigenvalue weighted by molar-refractivity contribution is 0.209. The first-order valence-electron chi connectivity index (χ1n) is 5.77. The quantitative estimate of drug-likeness (QED) is 0.921. The van der Waals surface area contributed by atoms with Crippen LogP contribution in [0.2, 0.25) is 10.0 Å². The van der Waals surface area contributed by atoms with E-state index in [0.717, 1.165) is 11.4 Å². The third-order valence-corrected chi connectivity index (χ3v) is 4.33. The topological polar surface area (TPSA) is 41.3 Å². The number of hydrogen-bond acceptors (Lipinski definition) is 4. The fourth-order valence-electron chi connectivity index (χ4n) is 1.72. The predicted molar refractivity (Wildman–Crippen MR) is 79.2 cm³/mol. The van der Waals surface area contributed by atoms with Crippen LogP contribution in [0.1, 0.15) is 16.7 Å². The lowest BCUT2D eigenvalue weighted by Gasteiger charge is -2.15. The van der Waals surface area contributed by atoms with E-state index in [1.54, 1.807) is 22.3 Å². The fraction of sp³-hybridized carbons (Fsp3) is 0.417. The highest BCUT2D eigenvalue weighted by atomic mass is 35.5. The molecule has 1 atom stereocenters. The first-order chi connectivity index (χ1) is 8.99. The number of aromatic nitrogens is 2. The van der Waals surface area contributed by atoms with Crippen molar-refractivity contribution >= 4 is 34.5 Å². The van der Waals surface area contributed by atoms with Gasteiger partial charge in [0, 0.05) is 16.8 Å². The number of hydrogen-bond donors (Lipinski definition) is 1. The van der Waals surface area contributed by atoms with E-state index in [-0.39, 0.29) is 0 Å². The van der Waals surface area contributed by atoms with Crippen molar-refractivity contribution in [1.29, 1.82) is 0 Å². The van der Waals surface area contributed by atoms with Crippen LogP contribution in [0, 0.1) is 0 Å². The molecule has 0 amide bonds. The molecule has 0 fully saturated rings. The summed E-state index contributed by atoms with van der Waals surface area (Å²) in [7, 11) is 3.97. The predicted octanol–water partition coefficient (Wildman–Crippen LogP) is 2.89. The van der Waals surface area contributed by atoms with Gasteiger partial charge in [-0.05, 0) is 20.2 Å². The van der Waals surface area contributed by atoms with Crippen molar-refractivity contribution in [2.24, 2.45) is 0 Å². The Hall–Kier alpha value is -0.590. The molecule has 7 heteroatoms. The van der Waals surface area contributed by atoms with Crippen molar-refractivity contribution in [3.63, 3.8) is 0 Å². The van der Waals surface area contributed by atoms with Gasteiger partial charge in [0.1, 0.15) is 6.10 Å². The number of rotatable bonds is 5. The van der Waals surface area contributed by atoms with Gasteiger partial charge < -0.3 is 10.0 Å². The highest BCUT2D eigenvalue weighted by Crippen LogP contribution is 2.33. The highest BCUT2D eigenvalue weighted by molar-refractivity contribution is 7.10. The number of nitrogens with zero attached hydrogens (tertiary/aromatic N) is 3. The minimum atomic E-state index is -0.797. The Labute approximate surface area is 126 Å². The smallest absolute Gasteiger partial charge is 0.131 e. The van der Waals surface area contributed by atoms with Crippen LogP contribution in [0.3, 0.4) is 0 Å². The molecular formula is C12H15Cl2N3OS. The van der Waals surface area contributed by atoms with Gasteiger partial charge >= 0.3 is 0 Å². The monoisotopic (exact) mass is 319 g/mol. The number of halogens is 2. The molecule has 104 valence electrons. The fourth-order valence-corrected chi connectivity index (χ4v) is 3.04. The first kappa shape index (κ1) is 14.8. The molecule has 2 aromatic rings. The molecule has 2 heterocycles.